The van der Waals surface area contributed by atoms with Crippen LogP contribution in [-0.2, 0) is 9.59 Å². The van der Waals surface area contributed by atoms with Gasteiger partial charge in [-0.15, -0.1) is 0 Å². The highest BCUT2D eigenvalue weighted by Crippen LogP contribution is 2.77. The van der Waals surface area contributed by atoms with Gasteiger partial charge >= 0.3 is 5.97 Å². The minimum atomic E-state index is -0.708. The summed E-state index contributed by atoms with van der Waals surface area (Å²) in [5, 5.41) is 21.4. The molecular formula is C31H44ClNO3. The highest BCUT2D eigenvalue weighted by molar-refractivity contribution is 6.30. The van der Waals surface area contributed by atoms with Gasteiger partial charge in [0, 0.05) is 10.4 Å². The Morgan fingerprint density at radius 1 is 0.972 bits per heavy atom. The van der Waals surface area contributed by atoms with Gasteiger partial charge in [0.15, 0.2) is 5.78 Å². The number of allylic oxidation sites excluding steroid dienone is 2. The van der Waals surface area contributed by atoms with Gasteiger partial charge in [-0.2, -0.15) is 5.26 Å². The lowest BCUT2D eigenvalue weighted by Crippen LogP contribution is -2.66. The second-order valence-corrected chi connectivity index (χ2v) is 15.7. The van der Waals surface area contributed by atoms with Crippen molar-refractivity contribution in [3.63, 3.8) is 0 Å². The molecule has 198 valence electrons. The molecule has 8 atom stereocenters. The molecule has 0 radical (unpaired) electrons. The number of nitrogens with zero attached hydrogens (tertiary/aromatic N) is 1. The topological polar surface area (TPSA) is 78.2 Å². The fourth-order valence-electron chi connectivity index (χ4n) is 10.8. The Labute approximate surface area is 222 Å². The molecular weight excluding hydrogens is 470 g/mol. The summed E-state index contributed by atoms with van der Waals surface area (Å²) in [4.78, 5) is 26.1. The molecule has 0 aliphatic heterocycles. The summed E-state index contributed by atoms with van der Waals surface area (Å²) in [7, 11) is 0. The van der Waals surface area contributed by atoms with Gasteiger partial charge in [-0.25, -0.2) is 0 Å². The molecule has 0 saturated heterocycles. The summed E-state index contributed by atoms with van der Waals surface area (Å²) in [5.41, 5.74) is -0.270. The third-order valence-electron chi connectivity index (χ3n) is 13.0. The zero-order chi connectivity index (χ0) is 26.7. The van der Waals surface area contributed by atoms with Crippen molar-refractivity contribution in [2.45, 2.75) is 106 Å². The number of rotatable bonds is 1. The summed E-state index contributed by atoms with van der Waals surface area (Å²) in [6, 6.07) is 2.36. The van der Waals surface area contributed by atoms with Crippen LogP contribution in [0.1, 0.15) is 106 Å². The number of carbonyl (C=O) groups is 2. The molecule has 5 aliphatic carbocycles. The van der Waals surface area contributed by atoms with E-state index in [-0.39, 0.29) is 45.2 Å². The van der Waals surface area contributed by atoms with Gasteiger partial charge in [0.05, 0.1) is 11.5 Å². The van der Waals surface area contributed by atoms with Gasteiger partial charge < -0.3 is 5.11 Å². The van der Waals surface area contributed by atoms with Crippen LogP contribution in [0.3, 0.4) is 0 Å². The Kier molecular flexibility index (Phi) is 5.56. The maximum Gasteiger partial charge on any atom is 0.310 e. The lowest BCUT2D eigenvalue weighted by atomic mass is 9.33. The lowest BCUT2D eigenvalue weighted by molar-refractivity contribution is -0.193. The van der Waals surface area contributed by atoms with Crippen LogP contribution in [-0.4, -0.2) is 16.9 Å². The third-order valence-corrected chi connectivity index (χ3v) is 13.3. The molecule has 0 spiro atoms. The standard InChI is InChI=1S/C31H44ClNO3/c1-26(2)10-12-31(25(35)36)13-11-30(7)23(19(31)16-26)20(32)14-22-28(5)15-18(17-33)24(34)27(3,4)21(28)8-9-29(22,30)6/h18-19,21-22H,8-16H2,1-7H3,(H,35,36). The maximum absolute atomic E-state index is 13.3. The minimum Gasteiger partial charge on any atom is -0.481 e. The number of Topliss-reactive ketones (excluding diaryl/α,β-unsaturated/α-hetero) is 1. The van der Waals surface area contributed by atoms with Crippen LogP contribution in [0.4, 0.5) is 0 Å². The normalized spacial score (nSPS) is 49.1. The van der Waals surface area contributed by atoms with Crippen LogP contribution in [0.25, 0.3) is 0 Å². The zero-order valence-electron chi connectivity index (χ0n) is 23.3. The molecule has 0 aromatic carbocycles. The monoisotopic (exact) mass is 513 g/mol. The number of carbonyl (C=O) groups excluding carboxylic acids is 1. The summed E-state index contributed by atoms with van der Waals surface area (Å²) in [5.74, 6) is -0.634. The Morgan fingerprint density at radius 3 is 2.22 bits per heavy atom. The molecule has 36 heavy (non-hydrogen) atoms. The average molecular weight is 514 g/mol. The number of hydrogen-bond donors (Lipinski definition) is 1. The molecule has 1 N–H and O–H groups in total. The Hall–Kier alpha value is -1.34. The quantitative estimate of drug-likeness (QED) is 0.388. The number of ketones is 1. The summed E-state index contributed by atoms with van der Waals surface area (Å²) >= 11 is 7.36. The number of halogens is 1. The molecule has 0 bridgehead atoms. The SMILES string of the molecule is CC1(C)CCC2(C(=O)O)CCC3(C)C(=C(Cl)CC4C5(C)CC(C#N)C(=O)C(C)(C)C5CCC43C)C2C1. The third kappa shape index (κ3) is 3.05. The van der Waals surface area contributed by atoms with Crippen molar-refractivity contribution in [1.29, 1.82) is 5.26 Å². The van der Waals surface area contributed by atoms with Crippen molar-refractivity contribution in [2.75, 3.05) is 0 Å². The molecule has 4 nitrogen and oxygen atoms in total. The molecule has 4 saturated carbocycles. The number of carboxylic acid groups (broad SMARTS) is 1. The van der Waals surface area contributed by atoms with E-state index < -0.39 is 22.7 Å². The zero-order valence-corrected chi connectivity index (χ0v) is 24.0. The molecule has 8 unspecified atom stereocenters. The van der Waals surface area contributed by atoms with Gasteiger partial charge in [-0.3, -0.25) is 9.59 Å². The number of aliphatic carboxylic acids is 1. The van der Waals surface area contributed by atoms with Crippen molar-refractivity contribution >= 4 is 23.4 Å². The smallest absolute Gasteiger partial charge is 0.310 e. The van der Waals surface area contributed by atoms with Crippen molar-refractivity contribution in [1.82, 2.24) is 0 Å². The van der Waals surface area contributed by atoms with E-state index in [1.165, 1.54) is 5.57 Å². The second kappa shape index (κ2) is 7.62. The minimum absolute atomic E-state index is 0.0236. The number of hydrogen-bond acceptors (Lipinski definition) is 3. The first-order valence-corrected chi connectivity index (χ1v) is 14.4. The summed E-state index contributed by atoms with van der Waals surface area (Å²) in [6.07, 6.45) is 7.44. The van der Waals surface area contributed by atoms with E-state index in [0.29, 0.717) is 12.8 Å². The summed E-state index contributed by atoms with van der Waals surface area (Å²) < 4.78 is 0. The Bertz CT molecular complexity index is 1100. The van der Waals surface area contributed by atoms with Crippen molar-refractivity contribution in [3.8, 4) is 6.07 Å². The predicted octanol–water partition coefficient (Wildman–Crippen LogP) is 7.76. The number of fused-ring (bicyclic) bond motifs is 7. The first-order valence-electron chi connectivity index (χ1n) is 14.1. The molecule has 4 fully saturated rings. The van der Waals surface area contributed by atoms with E-state index in [4.69, 9.17) is 11.6 Å². The fourth-order valence-corrected chi connectivity index (χ4v) is 11.2. The van der Waals surface area contributed by atoms with E-state index in [1.807, 2.05) is 0 Å². The molecule has 0 aromatic heterocycles. The first-order chi connectivity index (χ1) is 16.5. The molecule has 0 amide bonds. The number of carboxylic acids is 1. The van der Waals surface area contributed by atoms with Crippen LogP contribution in [0.15, 0.2) is 10.6 Å². The van der Waals surface area contributed by atoms with Crippen molar-refractivity contribution in [2.24, 2.45) is 56.2 Å². The van der Waals surface area contributed by atoms with Gasteiger partial charge in [0.25, 0.3) is 0 Å². The largest absolute Gasteiger partial charge is 0.481 e. The van der Waals surface area contributed by atoms with Gasteiger partial charge in [-0.05, 0) is 103 Å². The maximum atomic E-state index is 13.3. The molecule has 0 aromatic rings. The van der Waals surface area contributed by atoms with Crippen molar-refractivity contribution in [3.05, 3.63) is 10.6 Å². The molecule has 5 heteroatoms. The highest BCUT2D eigenvalue weighted by Gasteiger charge is 2.71. The average Bonchev–Trinajstić information content (AvgIpc) is 2.77. The molecule has 5 rings (SSSR count). The van der Waals surface area contributed by atoms with Crippen LogP contribution in [0.5, 0.6) is 0 Å². The van der Waals surface area contributed by atoms with Crippen LogP contribution in [0.2, 0.25) is 0 Å². The van der Waals surface area contributed by atoms with E-state index in [0.717, 1.165) is 50.0 Å². The van der Waals surface area contributed by atoms with Gasteiger partial charge in [0.1, 0.15) is 5.92 Å². The van der Waals surface area contributed by atoms with E-state index >= 15 is 0 Å². The van der Waals surface area contributed by atoms with Crippen molar-refractivity contribution < 1.29 is 14.7 Å². The highest BCUT2D eigenvalue weighted by atomic mass is 35.5. The van der Waals surface area contributed by atoms with Crippen LogP contribution < -0.4 is 0 Å². The Balaban J connectivity index is 1.67. The Morgan fingerprint density at radius 2 is 1.61 bits per heavy atom. The van der Waals surface area contributed by atoms with E-state index in [9.17, 15) is 20.0 Å². The van der Waals surface area contributed by atoms with Crippen LogP contribution >= 0.6 is 11.6 Å². The molecule has 5 aliphatic rings. The lowest BCUT2D eigenvalue weighted by Gasteiger charge is -2.71. The van der Waals surface area contributed by atoms with Gasteiger partial charge in [-0.1, -0.05) is 60.1 Å². The predicted molar refractivity (Wildman–Crippen MR) is 141 cm³/mol. The van der Waals surface area contributed by atoms with E-state index in [1.54, 1.807) is 0 Å². The fraction of sp³-hybridized carbons (Fsp3) is 0.839. The number of nitriles is 1. The van der Waals surface area contributed by atoms with Gasteiger partial charge in [0.2, 0.25) is 0 Å². The second-order valence-electron chi connectivity index (χ2n) is 15.3. The van der Waals surface area contributed by atoms with Crippen LogP contribution in [0, 0.1) is 67.5 Å². The van der Waals surface area contributed by atoms with E-state index in [2.05, 4.69) is 54.5 Å². The molecule has 0 heterocycles. The first kappa shape index (κ1) is 26.3. The summed E-state index contributed by atoms with van der Waals surface area (Å²) in [6.45, 7) is 15.8.